The van der Waals surface area contributed by atoms with Crippen molar-refractivity contribution >= 4 is 11.8 Å². The van der Waals surface area contributed by atoms with Crippen LogP contribution in [-0.4, -0.2) is 59.5 Å². The van der Waals surface area contributed by atoms with Gasteiger partial charge < -0.3 is 40.5 Å². The first-order chi connectivity index (χ1) is 22.0. The maximum Gasteiger partial charge on any atom is 0.224 e. The highest BCUT2D eigenvalue weighted by Crippen LogP contribution is 2.29. The second-order valence-corrected chi connectivity index (χ2v) is 11.1. The molecule has 0 aliphatic heterocycles. The van der Waals surface area contributed by atoms with Crippen molar-refractivity contribution in [2.75, 3.05) is 27.3 Å². The van der Waals surface area contributed by atoms with E-state index < -0.39 is 0 Å². The first-order valence-electron chi connectivity index (χ1n) is 15.1. The Morgan fingerprint density at radius 3 is 1.80 bits per heavy atom. The number of phenols is 4. The topological polar surface area (TPSA) is 158 Å². The van der Waals surface area contributed by atoms with Gasteiger partial charge in [-0.3, -0.25) is 9.59 Å². The molecule has 0 fully saturated rings. The van der Waals surface area contributed by atoms with Gasteiger partial charge in [0.15, 0.2) is 23.0 Å². The van der Waals surface area contributed by atoms with E-state index in [-0.39, 0.29) is 47.7 Å². The van der Waals surface area contributed by atoms with E-state index in [1.54, 1.807) is 28.1 Å². The number of carbonyl (C=O) groups is 2. The number of hydrogen-bond donors (Lipinski definition) is 6. The van der Waals surface area contributed by atoms with Crippen LogP contribution < -0.4 is 15.4 Å². The molecule has 4 rings (SSSR count). The van der Waals surface area contributed by atoms with Crippen molar-refractivity contribution in [2.45, 2.75) is 52.4 Å². The second kappa shape index (κ2) is 17.4. The molecule has 1 aliphatic carbocycles. The molecule has 3 aromatic carbocycles. The summed E-state index contributed by atoms with van der Waals surface area (Å²) in [5.74, 6) is 0.785. The van der Waals surface area contributed by atoms with Crippen LogP contribution in [0.2, 0.25) is 0 Å². The zero-order valence-corrected chi connectivity index (χ0v) is 26.9. The molecular formula is C36H44N2O8. The van der Waals surface area contributed by atoms with Crippen molar-refractivity contribution in [1.82, 2.24) is 10.6 Å². The predicted molar refractivity (Wildman–Crippen MR) is 176 cm³/mol. The number of aryl methyl sites for hydroxylation is 2. The molecule has 0 heterocycles. The summed E-state index contributed by atoms with van der Waals surface area (Å²) in [7, 11) is 3.29. The van der Waals surface area contributed by atoms with Gasteiger partial charge in [-0.05, 0) is 103 Å². The molecule has 6 N–H and O–H groups in total. The molecule has 0 saturated carbocycles. The highest BCUT2D eigenvalue weighted by molar-refractivity contribution is 5.79. The van der Waals surface area contributed by atoms with Gasteiger partial charge in [0.1, 0.15) is 5.75 Å². The Kier molecular flexibility index (Phi) is 13.4. The van der Waals surface area contributed by atoms with Crippen LogP contribution in [0.3, 0.4) is 0 Å². The molecule has 0 atom stereocenters. The van der Waals surface area contributed by atoms with Crippen LogP contribution in [-0.2, 0) is 33.6 Å². The summed E-state index contributed by atoms with van der Waals surface area (Å²) in [6.45, 7) is 4.69. The fraction of sp³-hybridized carbons (Fsp3) is 0.333. The van der Waals surface area contributed by atoms with E-state index in [2.05, 4.69) is 22.8 Å². The van der Waals surface area contributed by atoms with Crippen LogP contribution in [0.4, 0.5) is 0 Å². The highest BCUT2D eigenvalue weighted by Gasteiger charge is 2.12. The Labute approximate surface area is 270 Å². The number of amides is 2. The van der Waals surface area contributed by atoms with E-state index in [1.807, 2.05) is 24.3 Å². The van der Waals surface area contributed by atoms with Crippen LogP contribution >= 0.6 is 0 Å². The van der Waals surface area contributed by atoms with E-state index in [4.69, 9.17) is 9.47 Å². The first-order valence-corrected chi connectivity index (χ1v) is 15.1. The van der Waals surface area contributed by atoms with Crippen LogP contribution in [0.1, 0.15) is 47.1 Å². The third-order valence-corrected chi connectivity index (χ3v) is 7.62. The van der Waals surface area contributed by atoms with Crippen molar-refractivity contribution < 1.29 is 39.5 Å². The molecule has 0 radical (unpaired) electrons. The number of aromatic hydroxyl groups is 4. The monoisotopic (exact) mass is 632 g/mol. The lowest BCUT2D eigenvalue weighted by Crippen LogP contribution is -2.27. The minimum absolute atomic E-state index is 0.0999. The average Bonchev–Trinajstić information content (AvgIpc) is 3.03. The Morgan fingerprint density at radius 1 is 0.717 bits per heavy atom. The molecule has 246 valence electrons. The quantitative estimate of drug-likeness (QED) is 0.120. The fourth-order valence-corrected chi connectivity index (χ4v) is 4.91. The summed E-state index contributed by atoms with van der Waals surface area (Å²) in [6, 6.07) is 13.5. The number of ether oxygens (including phenoxy) is 2. The summed E-state index contributed by atoms with van der Waals surface area (Å²) in [5, 5.41) is 43.6. The minimum Gasteiger partial charge on any atom is -0.504 e. The van der Waals surface area contributed by atoms with E-state index in [0.29, 0.717) is 30.6 Å². The van der Waals surface area contributed by atoms with Gasteiger partial charge in [0.2, 0.25) is 11.8 Å². The number of nitrogens with one attached hydrogen (secondary N) is 2. The van der Waals surface area contributed by atoms with Crippen molar-refractivity contribution in [3.05, 3.63) is 99.8 Å². The van der Waals surface area contributed by atoms with Crippen molar-refractivity contribution in [3.8, 4) is 28.7 Å². The predicted octanol–water partition coefficient (Wildman–Crippen LogP) is 5.02. The lowest BCUT2D eigenvalue weighted by molar-refractivity contribution is -0.121. The Balaban J connectivity index is 0.000000250. The zero-order chi connectivity index (χ0) is 33.6. The maximum absolute atomic E-state index is 12.0. The summed E-state index contributed by atoms with van der Waals surface area (Å²) in [6.07, 6.45) is 7.75. The second-order valence-electron chi connectivity index (χ2n) is 11.1. The molecule has 0 aromatic heterocycles. The van der Waals surface area contributed by atoms with Crippen LogP contribution in [0, 0.1) is 13.8 Å². The van der Waals surface area contributed by atoms with E-state index in [1.165, 1.54) is 29.8 Å². The Hall–Kier alpha value is -5.12. The van der Waals surface area contributed by atoms with Gasteiger partial charge in [-0.1, -0.05) is 23.8 Å². The van der Waals surface area contributed by atoms with Crippen LogP contribution in [0.15, 0.2) is 72.0 Å². The summed E-state index contributed by atoms with van der Waals surface area (Å²) >= 11 is 0. The Bertz CT molecular complexity index is 1580. The first kappa shape index (κ1) is 35.4. The molecule has 10 nitrogen and oxygen atoms in total. The zero-order valence-electron chi connectivity index (χ0n) is 26.9. The van der Waals surface area contributed by atoms with Gasteiger partial charge >= 0.3 is 0 Å². The molecule has 0 spiro atoms. The SMILES string of the molecule is COC1=CCC=C(CCNC(=O)Cc2cc(O)c(O)cc2C)C1.COc1cccc(CCNC(=O)Cc2cc(O)c(O)cc2C)c1. The smallest absolute Gasteiger partial charge is 0.224 e. The number of phenolic OH excluding ortho intramolecular Hbond substituents is 4. The molecule has 10 heteroatoms. The standard InChI is InChI=1S/C18H23NO4.C18H21NO4/c2*1-12-8-16(20)17(21)10-14(12)11-18(22)19-7-6-13-4-3-5-15(9-13)23-2/h4-5,8,10,20-21H,3,6-7,9,11H2,1-2H3,(H,19,22);3-5,8-10,20-21H,6-7,11H2,1-2H3,(H,19,22). The molecule has 1 aliphatic rings. The molecule has 0 bridgehead atoms. The van der Waals surface area contributed by atoms with Crippen molar-refractivity contribution in [1.29, 1.82) is 0 Å². The number of hydrogen-bond acceptors (Lipinski definition) is 8. The van der Waals surface area contributed by atoms with Gasteiger partial charge in [0, 0.05) is 19.5 Å². The minimum atomic E-state index is -0.213. The summed E-state index contributed by atoms with van der Waals surface area (Å²) in [4.78, 5) is 24.0. The summed E-state index contributed by atoms with van der Waals surface area (Å²) in [5.41, 5.74) is 5.30. The highest BCUT2D eigenvalue weighted by atomic mass is 16.5. The third kappa shape index (κ3) is 11.1. The van der Waals surface area contributed by atoms with E-state index in [0.717, 1.165) is 47.5 Å². The summed E-state index contributed by atoms with van der Waals surface area (Å²) < 4.78 is 10.4. The van der Waals surface area contributed by atoms with E-state index in [9.17, 15) is 30.0 Å². The molecule has 2 amide bonds. The van der Waals surface area contributed by atoms with E-state index >= 15 is 0 Å². The lowest BCUT2D eigenvalue weighted by Gasteiger charge is -2.15. The normalized spacial score (nSPS) is 12.2. The molecule has 0 saturated heterocycles. The third-order valence-electron chi connectivity index (χ3n) is 7.62. The number of carbonyl (C=O) groups excluding carboxylic acids is 2. The largest absolute Gasteiger partial charge is 0.504 e. The molecule has 0 unspecified atom stereocenters. The number of benzene rings is 3. The van der Waals surface area contributed by atoms with Gasteiger partial charge in [-0.25, -0.2) is 0 Å². The van der Waals surface area contributed by atoms with Crippen LogP contribution in [0.5, 0.6) is 28.7 Å². The lowest BCUT2D eigenvalue weighted by atomic mass is 10.0. The van der Waals surface area contributed by atoms with Gasteiger partial charge in [-0.15, -0.1) is 0 Å². The maximum atomic E-state index is 12.0. The van der Waals surface area contributed by atoms with Crippen LogP contribution in [0.25, 0.3) is 0 Å². The van der Waals surface area contributed by atoms with Crippen molar-refractivity contribution in [2.24, 2.45) is 0 Å². The molecular weight excluding hydrogens is 588 g/mol. The van der Waals surface area contributed by atoms with Gasteiger partial charge in [0.25, 0.3) is 0 Å². The van der Waals surface area contributed by atoms with Crippen molar-refractivity contribution in [3.63, 3.8) is 0 Å². The number of allylic oxidation sites excluding steroid dienone is 3. The fourth-order valence-electron chi connectivity index (χ4n) is 4.91. The Morgan fingerprint density at radius 2 is 1.26 bits per heavy atom. The molecule has 46 heavy (non-hydrogen) atoms. The average molecular weight is 633 g/mol. The van der Waals surface area contributed by atoms with Gasteiger partial charge in [0.05, 0.1) is 32.8 Å². The van der Waals surface area contributed by atoms with Gasteiger partial charge in [-0.2, -0.15) is 0 Å². The molecule has 3 aromatic rings. The number of methoxy groups -OCH3 is 2. The number of rotatable bonds is 12.